The molecule has 1 fully saturated rings. The number of nitrogens with zero attached hydrogens (tertiary/aromatic N) is 2. The fourth-order valence-electron chi connectivity index (χ4n) is 1.86. The number of nitrogens with two attached hydrogens (primary N) is 1. The molecule has 7 heteroatoms. The number of rotatable bonds is 4. The van der Waals surface area contributed by atoms with Gasteiger partial charge in [0.2, 0.25) is 0 Å². The first-order valence-electron chi connectivity index (χ1n) is 5.38. The molecule has 0 radical (unpaired) electrons. The van der Waals surface area contributed by atoms with E-state index >= 15 is 0 Å². The topological polar surface area (TPSA) is 64.1 Å². The number of alkyl halides is 3. The minimum Gasteiger partial charge on any atom is -0.386 e. The highest BCUT2D eigenvalue weighted by atomic mass is 19.4. The van der Waals surface area contributed by atoms with Gasteiger partial charge in [0.1, 0.15) is 0 Å². The lowest BCUT2D eigenvalue weighted by Crippen LogP contribution is -2.44. The highest BCUT2D eigenvalue weighted by Crippen LogP contribution is 2.40. The van der Waals surface area contributed by atoms with Gasteiger partial charge in [-0.05, 0) is 24.8 Å². The second-order valence-corrected chi connectivity index (χ2v) is 4.48. The van der Waals surface area contributed by atoms with E-state index in [1.54, 1.807) is 0 Å². The van der Waals surface area contributed by atoms with Crippen LogP contribution in [0.3, 0.4) is 0 Å². The van der Waals surface area contributed by atoms with Gasteiger partial charge >= 0.3 is 6.18 Å². The lowest BCUT2D eigenvalue weighted by atomic mass is 9.98. The average molecular weight is 249 g/mol. The van der Waals surface area contributed by atoms with E-state index in [4.69, 9.17) is 5.73 Å². The molecule has 17 heavy (non-hydrogen) atoms. The molecule has 1 atom stereocenters. The Kier molecular flexibility index (Phi) is 2.90. The zero-order valence-corrected chi connectivity index (χ0v) is 9.11. The van der Waals surface area contributed by atoms with Gasteiger partial charge in [-0.3, -0.25) is 4.68 Å². The molecule has 1 aromatic rings. The van der Waals surface area contributed by atoms with Gasteiger partial charge in [-0.15, -0.1) is 0 Å². The minimum absolute atomic E-state index is 0.00421. The predicted octanol–water partition coefficient (Wildman–Crippen LogP) is 1.00. The summed E-state index contributed by atoms with van der Waals surface area (Å²) in [5.41, 5.74) is 3.38. The lowest BCUT2D eigenvalue weighted by molar-refractivity contribution is -0.141. The summed E-state index contributed by atoms with van der Waals surface area (Å²) in [5.74, 6) is 0.0750. The van der Waals surface area contributed by atoms with Gasteiger partial charge in [0.05, 0.1) is 12.1 Å². The zero-order valence-electron chi connectivity index (χ0n) is 9.11. The monoisotopic (exact) mass is 249 g/mol. The molecule has 2 rings (SSSR count). The van der Waals surface area contributed by atoms with Crippen LogP contribution < -0.4 is 5.73 Å². The SMILES string of the molecule is NCC(O)(Cn1ccc(C(F)(F)F)n1)C1CC1. The van der Waals surface area contributed by atoms with Crippen LogP contribution in [0.15, 0.2) is 12.3 Å². The van der Waals surface area contributed by atoms with Crippen LogP contribution in [0.25, 0.3) is 0 Å². The second-order valence-electron chi connectivity index (χ2n) is 4.48. The largest absolute Gasteiger partial charge is 0.435 e. The van der Waals surface area contributed by atoms with Crippen LogP contribution in [0.5, 0.6) is 0 Å². The van der Waals surface area contributed by atoms with Crippen LogP contribution in [0.1, 0.15) is 18.5 Å². The average Bonchev–Trinajstić information content (AvgIpc) is 2.99. The molecule has 0 aliphatic heterocycles. The van der Waals surface area contributed by atoms with E-state index in [-0.39, 0.29) is 19.0 Å². The van der Waals surface area contributed by atoms with E-state index in [1.165, 1.54) is 6.20 Å². The summed E-state index contributed by atoms with van der Waals surface area (Å²) in [5, 5.41) is 13.6. The molecule has 3 N–H and O–H groups in total. The van der Waals surface area contributed by atoms with Crippen LogP contribution in [0.2, 0.25) is 0 Å². The van der Waals surface area contributed by atoms with E-state index in [0.29, 0.717) is 0 Å². The molecule has 4 nitrogen and oxygen atoms in total. The van der Waals surface area contributed by atoms with Crippen molar-refractivity contribution in [3.05, 3.63) is 18.0 Å². The molecule has 0 spiro atoms. The first-order valence-corrected chi connectivity index (χ1v) is 5.38. The van der Waals surface area contributed by atoms with Crippen molar-refractivity contribution in [3.8, 4) is 0 Å². The van der Waals surface area contributed by atoms with Crippen molar-refractivity contribution in [1.82, 2.24) is 9.78 Å². The van der Waals surface area contributed by atoms with E-state index in [0.717, 1.165) is 23.6 Å². The highest BCUT2D eigenvalue weighted by molar-refractivity contribution is 5.04. The molecular formula is C10H14F3N3O. The molecule has 1 aromatic heterocycles. The predicted molar refractivity (Wildman–Crippen MR) is 54.0 cm³/mol. The normalized spacial score (nSPS) is 20.3. The quantitative estimate of drug-likeness (QED) is 0.836. The molecule has 1 aliphatic rings. The maximum absolute atomic E-state index is 12.3. The Morgan fingerprint density at radius 3 is 2.53 bits per heavy atom. The number of aliphatic hydroxyl groups is 1. The molecule has 0 saturated heterocycles. The van der Waals surface area contributed by atoms with Gasteiger partial charge in [-0.2, -0.15) is 18.3 Å². The fourth-order valence-corrected chi connectivity index (χ4v) is 1.86. The molecule has 96 valence electrons. The van der Waals surface area contributed by atoms with Gasteiger partial charge in [0, 0.05) is 12.7 Å². The van der Waals surface area contributed by atoms with Crippen molar-refractivity contribution < 1.29 is 18.3 Å². The Bertz CT molecular complexity index is 400. The Morgan fingerprint density at radius 1 is 1.47 bits per heavy atom. The summed E-state index contributed by atoms with van der Waals surface area (Å²) in [6, 6.07) is 0.893. The van der Waals surface area contributed by atoms with Crippen LogP contribution in [0, 0.1) is 5.92 Å². The van der Waals surface area contributed by atoms with E-state index in [1.807, 2.05) is 0 Å². The summed E-state index contributed by atoms with van der Waals surface area (Å²) in [4.78, 5) is 0. The third-order valence-electron chi connectivity index (χ3n) is 3.06. The Hall–Kier alpha value is -1.08. The van der Waals surface area contributed by atoms with E-state index < -0.39 is 17.5 Å². The first kappa shape index (κ1) is 12.4. The smallest absolute Gasteiger partial charge is 0.386 e. The summed E-state index contributed by atoms with van der Waals surface area (Å²) < 4.78 is 38.1. The number of hydrogen-bond donors (Lipinski definition) is 2. The fraction of sp³-hybridized carbons (Fsp3) is 0.700. The minimum atomic E-state index is -4.45. The van der Waals surface area contributed by atoms with Crippen molar-refractivity contribution in [1.29, 1.82) is 0 Å². The summed E-state index contributed by atoms with van der Waals surface area (Å²) in [6.07, 6.45) is -1.51. The van der Waals surface area contributed by atoms with Crippen LogP contribution >= 0.6 is 0 Å². The number of hydrogen-bond acceptors (Lipinski definition) is 3. The van der Waals surface area contributed by atoms with E-state index in [2.05, 4.69) is 5.10 Å². The maximum Gasteiger partial charge on any atom is 0.435 e. The van der Waals surface area contributed by atoms with Crippen LogP contribution in [-0.2, 0) is 12.7 Å². The van der Waals surface area contributed by atoms with Crippen LogP contribution in [-0.4, -0.2) is 27.0 Å². The summed E-state index contributed by atoms with van der Waals surface area (Å²) in [7, 11) is 0. The Morgan fingerprint density at radius 2 is 2.12 bits per heavy atom. The molecular weight excluding hydrogens is 235 g/mol. The maximum atomic E-state index is 12.3. The van der Waals surface area contributed by atoms with Gasteiger partial charge < -0.3 is 10.8 Å². The molecule has 0 amide bonds. The van der Waals surface area contributed by atoms with Gasteiger partial charge in [-0.25, -0.2) is 0 Å². The van der Waals surface area contributed by atoms with E-state index in [9.17, 15) is 18.3 Å². The molecule has 0 aromatic carbocycles. The molecule has 0 bridgehead atoms. The second kappa shape index (κ2) is 3.99. The van der Waals surface area contributed by atoms with Crippen molar-refractivity contribution in [3.63, 3.8) is 0 Å². The third kappa shape index (κ3) is 2.61. The number of aromatic nitrogens is 2. The van der Waals surface area contributed by atoms with Crippen molar-refractivity contribution >= 4 is 0 Å². The number of halogens is 3. The first-order chi connectivity index (χ1) is 7.85. The van der Waals surface area contributed by atoms with Gasteiger partial charge in [-0.1, -0.05) is 0 Å². The van der Waals surface area contributed by atoms with Gasteiger partial charge in [0.15, 0.2) is 5.69 Å². The van der Waals surface area contributed by atoms with Crippen molar-refractivity contribution in [2.75, 3.05) is 6.54 Å². The van der Waals surface area contributed by atoms with Gasteiger partial charge in [0.25, 0.3) is 0 Å². The standard InChI is InChI=1S/C10H14F3N3O/c11-10(12,13)8-3-4-16(15-8)6-9(17,5-14)7-1-2-7/h3-4,7,17H,1-2,5-6,14H2. The Balaban J connectivity index is 2.10. The van der Waals surface area contributed by atoms with Crippen molar-refractivity contribution in [2.45, 2.75) is 31.2 Å². The molecule has 1 aliphatic carbocycles. The highest BCUT2D eigenvalue weighted by Gasteiger charge is 2.43. The van der Waals surface area contributed by atoms with Crippen LogP contribution in [0.4, 0.5) is 13.2 Å². The summed E-state index contributed by atoms with van der Waals surface area (Å²) in [6.45, 7) is 0.0309. The molecule has 1 heterocycles. The Labute approximate surface area is 96.2 Å². The molecule has 1 unspecified atom stereocenters. The zero-order chi connectivity index (χ0) is 12.7. The molecule has 1 saturated carbocycles. The summed E-state index contributed by atoms with van der Waals surface area (Å²) >= 11 is 0. The lowest BCUT2D eigenvalue weighted by Gasteiger charge is -2.26. The van der Waals surface area contributed by atoms with Crippen molar-refractivity contribution in [2.24, 2.45) is 11.7 Å². The third-order valence-corrected chi connectivity index (χ3v) is 3.06.